The molecule has 2 aromatic heterocycles. The number of aromatic nitrogens is 2. The Morgan fingerprint density at radius 3 is 2.89 bits per heavy atom. The van der Waals surface area contributed by atoms with Crippen LogP contribution in [0.5, 0.6) is 0 Å². The van der Waals surface area contributed by atoms with Crippen LogP contribution in [0, 0.1) is 10.1 Å². The predicted molar refractivity (Wildman–Crippen MR) is 70.0 cm³/mol. The highest BCUT2D eigenvalue weighted by molar-refractivity contribution is 5.60. The second-order valence-electron chi connectivity index (χ2n) is 4.26. The van der Waals surface area contributed by atoms with Crippen molar-refractivity contribution in [1.82, 2.24) is 9.78 Å². The van der Waals surface area contributed by atoms with E-state index in [0.717, 1.165) is 0 Å². The van der Waals surface area contributed by atoms with Crippen LogP contribution in [0.25, 0.3) is 0 Å². The first-order valence-electron chi connectivity index (χ1n) is 6.04. The first kappa shape index (κ1) is 13.1. The minimum Gasteiger partial charge on any atom is -0.467 e. The lowest BCUT2D eigenvalue weighted by Crippen LogP contribution is -2.10. The predicted octanol–water partition coefficient (Wildman–Crippen LogP) is 2.66. The summed E-state index contributed by atoms with van der Waals surface area (Å²) in [5.74, 6) is 1.11. The molecule has 1 N–H and O–H groups in total. The minimum atomic E-state index is -0.400. The largest absolute Gasteiger partial charge is 0.467 e. The Labute approximate surface area is 110 Å². The molecule has 0 aromatic carbocycles. The molecular formula is C12H16N4O3. The normalized spacial score (nSPS) is 12.4. The number of nitro groups is 1. The van der Waals surface area contributed by atoms with Crippen LogP contribution in [0.2, 0.25) is 0 Å². The number of nitrogens with zero attached hydrogens (tertiary/aromatic N) is 3. The van der Waals surface area contributed by atoms with E-state index in [1.807, 2.05) is 19.9 Å². The molecule has 102 valence electrons. The molecule has 1 unspecified atom stereocenters. The smallest absolute Gasteiger partial charge is 0.333 e. The molecule has 0 aliphatic rings. The first-order valence-corrected chi connectivity index (χ1v) is 6.04. The van der Waals surface area contributed by atoms with Gasteiger partial charge in [-0.25, -0.2) is 4.68 Å². The first-order chi connectivity index (χ1) is 9.04. The summed E-state index contributed by atoms with van der Waals surface area (Å²) >= 11 is 0. The highest BCUT2D eigenvalue weighted by Crippen LogP contribution is 2.31. The topological polar surface area (TPSA) is 86.1 Å². The van der Waals surface area contributed by atoms with Gasteiger partial charge in [-0.3, -0.25) is 10.1 Å². The molecule has 0 aliphatic carbocycles. The lowest BCUT2D eigenvalue weighted by molar-refractivity contribution is -0.384. The van der Waals surface area contributed by atoms with Crippen LogP contribution in [-0.4, -0.2) is 14.7 Å². The Hall–Kier alpha value is -2.31. The van der Waals surface area contributed by atoms with Gasteiger partial charge in [0.25, 0.3) is 0 Å². The van der Waals surface area contributed by atoms with E-state index in [9.17, 15) is 10.1 Å². The van der Waals surface area contributed by atoms with Crippen LogP contribution in [0.1, 0.15) is 31.3 Å². The monoisotopic (exact) mass is 264 g/mol. The average molecular weight is 264 g/mol. The van der Waals surface area contributed by atoms with Gasteiger partial charge in [0, 0.05) is 7.05 Å². The van der Waals surface area contributed by atoms with E-state index in [1.54, 1.807) is 19.4 Å². The quantitative estimate of drug-likeness (QED) is 0.662. The van der Waals surface area contributed by atoms with E-state index in [2.05, 4.69) is 10.4 Å². The van der Waals surface area contributed by atoms with Crippen LogP contribution in [0.4, 0.5) is 11.5 Å². The molecule has 0 fully saturated rings. The Bertz CT molecular complexity index is 574. The highest BCUT2D eigenvalue weighted by atomic mass is 16.6. The molecule has 7 heteroatoms. The van der Waals surface area contributed by atoms with E-state index in [-0.39, 0.29) is 11.7 Å². The molecular weight excluding hydrogens is 248 g/mol. The van der Waals surface area contributed by atoms with Gasteiger partial charge in [0.1, 0.15) is 11.5 Å². The van der Waals surface area contributed by atoms with Crippen molar-refractivity contribution in [2.45, 2.75) is 26.3 Å². The molecule has 19 heavy (non-hydrogen) atoms. The summed E-state index contributed by atoms with van der Waals surface area (Å²) in [6, 6.07) is 3.43. The summed E-state index contributed by atoms with van der Waals surface area (Å²) in [7, 11) is 1.68. The van der Waals surface area contributed by atoms with Crippen LogP contribution in [0.15, 0.2) is 22.8 Å². The molecule has 0 aliphatic heterocycles. The molecule has 0 amide bonds. The maximum atomic E-state index is 11.2. The maximum Gasteiger partial charge on any atom is 0.333 e. The fraction of sp³-hybridized carbons (Fsp3) is 0.417. The van der Waals surface area contributed by atoms with E-state index < -0.39 is 4.92 Å². The standard InChI is InChI=1S/C12H16N4O3/c1-4-9-11(16(17)18)12(15(3)14-9)13-8(2)10-6-5-7-19-10/h5-8,13H,4H2,1-3H3. The van der Waals surface area contributed by atoms with Gasteiger partial charge in [-0.05, 0) is 25.5 Å². The van der Waals surface area contributed by atoms with Gasteiger partial charge in [-0.2, -0.15) is 5.10 Å². The highest BCUT2D eigenvalue weighted by Gasteiger charge is 2.27. The number of hydrogen-bond donors (Lipinski definition) is 1. The summed E-state index contributed by atoms with van der Waals surface area (Å²) in [6.07, 6.45) is 2.09. The van der Waals surface area contributed by atoms with Gasteiger partial charge < -0.3 is 9.73 Å². The molecule has 2 heterocycles. The van der Waals surface area contributed by atoms with Crippen molar-refractivity contribution in [2.75, 3.05) is 5.32 Å². The molecule has 2 rings (SSSR count). The molecule has 7 nitrogen and oxygen atoms in total. The van der Waals surface area contributed by atoms with Crippen LogP contribution >= 0.6 is 0 Å². The van der Waals surface area contributed by atoms with Crippen molar-refractivity contribution in [3.05, 3.63) is 40.0 Å². The Morgan fingerprint density at radius 2 is 2.37 bits per heavy atom. The van der Waals surface area contributed by atoms with Gasteiger partial charge in [-0.15, -0.1) is 0 Å². The molecule has 0 bridgehead atoms. The fourth-order valence-electron chi connectivity index (χ4n) is 1.97. The number of hydrogen-bond acceptors (Lipinski definition) is 5. The van der Waals surface area contributed by atoms with E-state index in [0.29, 0.717) is 23.7 Å². The summed E-state index contributed by atoms with van der Waals surface area (Å²) < 4.78 is 6.78. The summed E-state index contributed by atoms with van der Waals surface area (Å²) in [5.41, 5.74) is 0.505. The van der Waals surface area contributed by atoms with Gasteiger partial charge in [0.05, 0.1) is 17.2 Å². The SMILES string of the molecule is CCc1nn(C)c(NC(C)c2ccco2)c1[N+](=O)[O-]. The third-order valence-corrected chi connectivity index (χ3v) is 2.93. The van der Waals surface area contributed by atoms with E-state index in [1.165, 1.54) is 4.68 Å². The maximum absolute atomic E-state index is 11.2. The lowest BCUT2D eigenvalue weighted by Gasteiger charge is -2.12. The van der Waals surface area contributed by atoms with E-state index in [4.69, 9.17) is 4.42 Å². The van der Waals surface area contributed by atoms with Gasteiger partial charge in [-0.1, -0.05) is 6.92 Å². The van der Waals surface area contributed by atoms with Crippen molar-refractivity contribution in [3.63, 3.8) is 0 Å². The van der Waals surface area contributed by atoms with Crippen molar-refractivity contribution < 1.29 is 9.34 Å². The zero-order chi connectivity index (χ0) is 14.0. The number of rotatable bonds is 5. The van der Waals surface area contributed by atoms with Crippen LogP contribution in [-0.2, 0) is 13.5 Å². The third kappa shape index (κ3) is 2.44. The third-order valence-electron chi connectivity index (χ3n) is 2.93. The number of anilines is 1. The molecule has 0 spiro atoms. The van der Waals surface area contributed by atoms with Crippen molar-refractivity contribution in [3.8, 4) is 0 Å². The lowest BCUT2D eigenvalue weighted by atomic mass is 10.2. The zero-order valence-corrected chi connectivity index (χ0v) is 11.1. The average Bonchev–Trinajstić information content (AvgIpc) is 2.97. The van der Waals surface area contributed by atoms with Crippen molar-refractivity contribution in [2.24, 2.45) is 7.05 Å². The Balaban J connectivity index is 2.34. The molecule has 1 atom stereocenters. The second kappa shape index (κ2) is 5.13. The second-order valence-corrected chi connectivity index (χ2v) is 4.26. The number of furan rings is 1. The molecule has 0 saturated carbocycles. The van der Waals surface area contributed by atoms with Crippen LogP contribution < -0.4 is 5.32 Å². The Morgan fingerprint density at radius 1 is 1.63 bits per heavy atom. The zero-order valence-electron chi connectivity index (χ0n) is 11.1. The van der Waals surface area contributed by atoms with Gasteiger partial charge in [0.15, 0.2) is 0 Å². The number of nitrogens with one attached hydrogen (secondary N) is 1. The molecule has 2 aromatic rings. The van der Waals surface area contributed by atoms with Gasteiger partial charge >= 0.3 is 5.69 Å². The summed E-state index contributed by atoms with van der Waals surface area (Å²) in [6.45, 7) is 3.72. The fourth-order valence-corrected chi connectivity index (χ4v) is 1.97. The van der Waals surface area contributed by atoms with Crippen molar-refractivity contribution >= 4 is 11.5 Å². The Kier molecular flexibility index (Phi) is 3.55. The summed E-state index contributed by atoms with van der Waals surface area (Å²) in [4.78, 5) is 10.8. The number of aryl methyl sites for hydroxylation is 2. The molecule has 0 saturated heterocycles. The summed E-state index contributed by atoms with van der Waals surface area (Å²) in [5, 5.41) is 18.4. The van der Waals surface area contributed by atoms with E-state index >= 15 is 0 Å². The van der Waals surface area contributed by atoms with Gasteiger partial charge in [0.2, 0.25) is 5.82 Å². The van der Waals surface area contributed by atoms with Crippen LogP contribution in [0.3, 0.4) is 0 Å². The molecule has 0 radical (unpaired) electrons. The minimum absolute atomic E-state index is 0.0309. The van der Waals surface area contributed by atoms with Crippen molar-refractivity contribution in [1.29, 1.82) is 0 Å².